The van der Waals surface area contributed by atoms with Gasteiger partial charge in [0, 0.05) is 0 Å². The lowest BCUT2D eigenvalue weighted by Gasteiger charge is -2.03. The van der Waals surface area contributed by atoms with Gasteiger partial charge in [-0.25, -0.2) is 0 Å². The summed E-state index contributed by atoms with van der Waals surface area (Å²) < 4.78 is 0. The number of hydrogen-bond donors (Lipinski definition) is 0. The summed E-state index contributed by atoms with van der Waals surface area (Å²) in [4.78, 5) is 0. The average molecular weight is 191 g/mol. The van der Waals surface area contributed by atoms with Gasteiger partial charge in [0.15, 0.2) is 0 Å². The maximum absolute atomic E-state index is 4.06. The lowest BCUT2D eigenvalue weighted by atomic mass is 10.1. The molecule has 1 aromatic rings. The molecule has 0 atom stereocenters. The van der Waals surface area contributed by atoms with Crippen molar-refractivity contribution in [3.63, 3.8) is 0 Å². The van der Waals surface area contributed by atoms with Crippen molar-refractivity contribution in [3.8, 4) is 0 Å². The largest absolute Gasteiger partial charge is 0.138 e. The molecule has 0 aliphatic heterocycles. The van der Waals surface area contributed by atoms with Crippen molar-refractivity contribution in [2.45, 2.75) is 39.0 Å². The second kappa shape index (κ2) is 6.24. The third kappa shape index (κ3) is 3.24. The molecule has 0 bridgehead atoms. The molecule has 0 aromatic carbocycles. The molecule has 0 fully saturated rings. The Morgan fingerprint density at radius 3 is 3.00 bits per heavy atom. The van der Waals surface area contributed by atoms with Gasteiger partial charge in [0.2, 0.25) is 0 Å². The normalized spacial score (nSPS) is 10.1. The minimum atomic E-state index is 0.837. The van der Waals surface area contributed by atoms with Crippen molar-refractivity contribution in [2.24, 2.45) is 0 Å². The molecular weight excluding hydrogens is 174 g/mol. The van der Waals surface area contributed by atoms with Crippen LogP contribution in [0.5, 0.6) is 0 Å². The van der Waals surface area contributed by atoms with E-state index in [-0.39, 0.29) is 0 Å². The van der Waals surface area contributed by atoms with E-state index in [4.69, 9.17) is 0 Å². The molecule has 14 heavy (non-hydrogen) atoms. The van der Waals surface area contributed by atoms with Crippen LogP contribution in [0.3, 0.4) is 0 Å². The summed E-state index contributed by atoms with van der Waals surface area (Å²) in [5.74, 6) is 0. The third-order valence-electron chi connectivity index (χ3n) is 2.18. The van der Waals surface area contributed by atoms with Gasteiger partial charge < -0.3 is 0 Å². The lowest BCUT2D eigenvalue weighted by molar-refractivity contribution is 0.681. The number of unbranched alkanes of at least 4 members (excludes halogenated alkanes) is 2. The van der Waals surface area contributed by atoms with E-state index in [1.54, 1.807) is 6.20 Å². The molecule has 3 nitrogen and oxygen atoms in total. The van der Waals surface area contributed by atoms with Gasteiger partial charge in [0.25, 0.3) is 0 Å². The molecule has 0 amide bonds. The summed E-state index contributed by atoms with van der Waals surface area (Å²) in [6.45, 7) is 5.91. The fraction of sp³-hybridized carbons (Fsp3) is 0.545. The second-order valence-electron chi connectivity index (χ2n) is 3.36. The van der Waals surface area contributed by atoms with Crippen LogP contribution < -0.4 is 0 Å². The highest BCUT2D eigenvalue weighted by molar-refractivity contribution is 5.17. The zero-order valence-electron chi connectivity index (χ0n) is 8.74. The zero-order chi connectivity index (χ0) is 10.2. The molecule has 1 aromatic heterocycles. The molecule has 0 spiro atoms. The van der Waals surface area contributed by atoms with Gasteiger partial charge in [-0.3, -0.25) is 0 Å². The van der Waals surface area contributed by atoms with Crippen molar-refractivity contribution >= 4 is 0 Å². The standard InChI is InChI=1S/C11H17N3/c1-3-5-6-8-11-10(7-4-2)9-12-14-13-11/h4,9H,2-3,5-8H2,1H3. The maximum Gasteiger partial charge on any atom is 0.0699 e. The number of allylic oxidation sites excluding steroid dienone is 1. The first kappa shape index (κ1) is 10.8. The van der Waals surface area contributed by atoms with Gasteiger partial charge in [0.1, 0.15) is 0 Å². The van der Waals surface area contributed by atoms with Crippen LogP contribution in [0.15, 0.2) is 18.9 Å². The molecule has 0 radical (unpaired) electrons. The summed E-state index contributed by atoms with van der Waals surface area (Å²) in [6, 6.07) is 0. The Kier molecular flexibility index (Phi) is 4.83. The van der Waals surface area contributed by atoms with Crippen LogP contribution >= 0.6 is 0 Å². The number of rotatable bonds is 6. The first-order valence-electron chi connectivity index (χ1n) is 5.15. The molecule has 0 aliphatic carbocycles. The number of aromatic nitrogens is 3. The van der Waals surface area contributed by atoms with E-state index in [1.165, 1.54) is 19.3 Å². The van der Waals surface area contributed by atoms with Crippen LogP contribution in [0.2, 0.25) is 0 Å². The molecule has 0 N–H and O–H groups in total. The van der Waals surface area contributed by atoms with Crippen LogP contribution in [-0.2, 0) is 12.8 Å². The fourth-order valence-electron chi connectivity index (χ4n) is 1.39. The quantitative estimate of drug-likeness (QED) is 0.511. The predicted octanol–water partition coefficient (Wildman–Crippen LogP) is 2.33. The van der Waals surface area contributed by atoms with Crippen LogP contribution in [0.25, 0.3) is 0 Å². The van der Waals surface area contributed by atoms with Crippen molar-refractivity contribution in [1.29, 1.82) is 0 Å². The first-order chi connectivity index (χ1) is 6.88. The average Bonchev–Trinajstić information content (AvgIpc) is 2.21. The van der Waals surface area contributed by atoms with E-state index in [9.17, 15) is 0 Å². The Balaban J connectivity index is 2.59. The topological polar surface area (TPSA) is 38.7 Å². The SMILES string of the molecule is C=CCc1cnnnc1CCCCC. The van der Waals surface area contributed by atoms with Gasteiger partial charge >= 0.3 is 0 Å². The van der Waals surface area contributed by atoms with E-state index < -0.39 is 0 Å². The van der Waals surface area contributed by atoms with Crippen molar-refractivity contribution in [1.82, 2.24) is 15.4 Å². The van der Waals surface area contributed by atoms with Crippen molar-refractivity contribution in [2.75, 3.05) is 0 Å². The van der Waals surface area contributed by atoms with E-state index >= 15 is 0 Å². The Morgan fingerprint density at radius 2 is 2.29 bits per heavy atom. The van der Waals surface area contributed by atoms with Crippen LogP contribution in [0.4, 0.5) is 0 Å². The second-order valence-corrected chi connectivity index (χ2v) is 3.36. The van der Waals surface area contributed by atoms with Crippen molar-refractivity contribution < 1.29 is 0 Å². The maximum atomic E-state index is 4.06. The zero-order valence-corrected chi connectivity index (χ0v) is 8.74. The van der Waals surface area contributed by atoms with Crippen LogP contribution in [0, 0.1) is 0 Å². The Labute approximate surface area is 85.3 Å². The molecular formula is C11H17N3. The minimum Gasteiger partial charge on any atom is -0.138 e. The number of aryl methyl sites for hydroxylation is 1. The highest BCUT2D eigenvalue weighted by Gasteiger charge is 2.02. The first-order valence-corrected chi connectivity index (χ1v) is 5.15. The van der Waals surface area contributed by atoms with Gasteiger partial charge in [-0.2, -0.15) is 0 Å². The molecule has 0 saturated carbocycles. The van der Waals surface area contributed by atoms with Gasteiger partial charge in [0.05, 0.1) is 11.9 Å². The molecule has 0 saturated heterocycles. The Bertz CT molecular complexity index is 284. The molecule has 0 aliphatic rings. The van der Waals surface area contributed by atoms with Gasteiger partial charge in [-0.05, 0) is 30.0 Å². The van der Waals surface area contributed by atoms with E-state index in [2.05, 4.69) is 28.9 Å². The summed E-state index contributed by atoms with van der Waals surface area (Å²) in [5.41, 5.74) is 2.24. The highest BCUT2D eigenvalue weighted by atomic mass is 15.3. The van der Waals surface area contributed by atoms with E-state index in [0.717, 1.165) is 24.1 Å². The molecule has 0 unspecified atom stereocenters. The van der Waals surface area contributed by atoms with Crippen LogP contribution in [-0.4, -0.2) is 15.4 Å². The summed E-state index contributed by atoms with van der Waals surface area (Å²) in [5, 5.41) is 11.5. The molecule has 1 rings (SSSR count). The monoisotopic (exact) mass is 191 g/mol. The minimum absolute atomic E-state index is 0.837. The number of nitrogens with zero attached hydrogens (tertiary/aromatic N) is 3. The lowest BCUT2D eigenvalue weighted by Crippen LogP contribution is -2.01. The smallest absolute Gasteiger partial charge is 0.0699 e. The summed E-state index contributed by atoms with van der Waals surface area (Å²) >= 11 is 0. The van der Waals surface area contributed by atoms with E-state index in [1.807, 2.05) is 6.08 Å². The van der Waals surface area contributed by atoms with Crippen molar-refractivity contribution in [3.05, 3.63) is 30.1 Å². The van der Waals surface area contributed by atoms with Crippen LogP contribution in [0.1, 0.15) is 37.4 Å². The highest BCUT2D eigenvalue weighted by Crippen LogP contribution is 2.08. The predicted molar refractivity (Wildman–Crippen MR) is 57.0 cm³/mol. The Hall–Kier alpha value is -1.25. The third-order valence-corrected chi connectivity index (χ3v) is 2.18. The molecule has 1 heterocycles. The molecule has 76 valence electrons. The van der Waals surface area contributed by atoms with E-state index in [0.29, 0.717) is 0 Å². The summed E-state index contributed by atoms with van der Waals surface area (Å²) in [6.07, 6.45) is 9.17. The molecule has 3 heteroatoms. The number of hydrogen-bond acceptors (Lipinski definition) is 3. The summed E-state index contributed by atoms with van der Waals surface area (Å²) in [7, 11) is 0. The fourth-order valence-corrected chi connectivity index (χ4v) is 1.39. The van der Waals surface area contributed by atoms with Gasteiger partial charge in [-0.15, -0.1) is 16.8 Å². The van der Waals surface area contributed by atoms with Gasteiger partial charge in [-0.1, -0.05) is 25.8 Å². The Morgan fingerprint density at radius 1 is 1.43 bits per heavy atom.